The number of nitrogen functional groups attached to an aromatic ring is 1. The second-order valence-corrected chi connectivity index (χ2v) is 4.98. The smallest absolute Gasteiger partial charge is 0.180 e. The van der Waals surface area contributed by atoms with Crippen LogP contribution in [0.1, 0.15) is 5.56 Å². The Morgan fingerprint density at radius 3 is 2.82 bits per heavy atom. The largest absolute Gasteiger partial charge is 0.381 e. The fourth-order valence-corrected chi connectivity index (χ4v) is 2.66. The second kappa shape index (κ2) is 4.57. The van der Waals surface area contributed by atoms with E-state index in [-0.39, 0.29) is 0 Å². The molecule has 0 saturated carbocycles. The SMILES string of the molecule is N#Cc1cccc(-c2cnc3c(N)nc4ccccc4n23)c1. The van der Waals surface area contributed by atoms with Gasteiger partial charge in [-0.05, 0) is 24.3 Å². The van der Waals surface area contributed by atoms with Crippen LogP contribution in [-0.4, -0.2) is 14.4 Å². The van der Waals surface area contributed by atoms with Gasteiger partial charge in [0.15, 0.2) is 11.5 Å². The number of fused-ring (bicyclic) bond motifs is 3. The summed E-state index contributed by atoms with van der Waals surface area (Å²) in [6.07, 6.45) is 1.76. The third-order valence-electron chi connectivity index (χ3n) is 3.64. The summed E-state index contributed by atoms with van der Waals surface area (Å²) < 4.78 is 1.98. The van der Waals surface area contributed by atoms with Gasteiger partial charge in [-0.2, -0.15) is 5.26 Å². The van der Waals surface area contributed by atoms with E-state index >= 15 is 0 Å². The van der Waals surface area contributed by atoms with Gasteiger partial charge in [-0.25, -0.2) is 9.97 Å². The zero-order chi connectivity index (χ0) is 15.1. The van der Waals surface area contributed by atoms with Crippen LogP contribution in [0.5, 0.6) is 0 Å². The molecule has 0 fully saturated rings. The maximum atomic E-state index is 9.09. The standard InChI is InChI=1S/C17H11N5/c18-9-11-4-3-5-12(8-11)15-10-20-17-16(19)21-13-6-1-2-7-14(13)22(15)17/h1-8,10H,(H2,19,21). The summed E-state index contributed by atoms with van der Waals surface area (Å²) in [5.41, 5.74) is 10.8. The molecule has 5 nitrogen and oxygen atoms in total. The van der Waals surface area contributed by atoms with E-state index in [1.54, 1.807) is 12.3 Å². The molecular weight excluding hydrogens is 274 g/mol. The predicted octanol–water partition coefficient (Wildman–Crippen LogP) is 3.00. The van der Waals surface area contributed by atoms with Gasteiger partial charge in [-0.15, -0.1) is 0 Å². The highest BCUT2D eigenvalue weighted by molar-refractivity contribution is 5.85. The van der Waals surface area contributed by atoms with Gasteiger partial charge >= 0.3 is 0 Å². The lowest BCUT2D eigenvalue weighted by Gasteiger charge is -2.07. The molecule has 0 radical (unpaired) electrons. The predicted molar refractivity (Wildman–Crippen MR) is 85.1 cm³/mol. The monoisotopic (exact) mass is 285 g/mol. The number of hydrogen-bond acceptors (Lipinski definition) is 4. The molecule has 22 heavy (non-hydrogen) atoms. The van der Waals surface area contributed by atoms with Crippen molar-refractivity contribution in [2.75, 3.05) is 5.73 Å². The van der Waals surface area contributed by atoms with Gasteiger partial charge < -0.3 is 5.73 Å². The van der Waals surface area contributed by atoms with Crippen molar-refractivity contribution < 1.29 is 0 Å². The van der Waals surface area contributed by atoms with Gasteiger partial charge in [0, 0.05) is 5.56 Å². The Hall–Kier alpha value is -3.39. The maximum absolute atomic E-state index is 9.09. The number of para-hydroxylation sites is 2. The molecule has 0 bridgehead atoms. The van der Waals surface area contributed by atoms with Gasteiger partial charge in [-0.3, -0.25) is 4.40 Å². The first kappa shape index (κ1) is 12.4. The molecule has 0 spiro atoms. The Morgan fingerprint density at radius 2 is 1.95 bits per heavy atom. The average molecular weight is 285 g/mol. The molecule has 2 aromatic carbocycles. The van der Waals surface area contributed by atoms with Crippen molar-refractivity contribution >= 4 is 22.5 Å². The third kappa shape index (κ3) is 1.71. The molecule has 0 aliphatic carbocycles. The average Bonchev–Trinajstić information content (AvgIpc) is 3.01. The van der Waals surface area contributed by atoms with Gasteiger partial charge in [0.1, 0.15) is 0 Å². The minimum Gasteiger partial charge on any atom is -0.381 e. The van der Waals surface area contributed by atoms with Crippen LogP contribution in [0.4, 0.5) is 5.82 Å². The van der Waals surface area contributed by atoms with Crippen molar-refractivity contribution in [1.29, 1.82) is 5.26 Å². The molecule has 4 aromatic rings. The molecule has 0 aliphatic heterocycles. The molecular formula is C17H11N5. The van der Waals surface area contributed by atoms with Crippen molar-refractivity contribution in [2.45, 2.75) is 0 Å². The van der Waals surface area contributed by atoms with Crippen molar-refractivity contribution in [3.8, 4) is 17.3 Å². The number of aromatic nitrogens is 3. The fourth-order valence-electron chi connectivity index (χ4n) is 2.66. The summed E-state index contributed by atoms with van der Waals surface area (Å²) >= 11 is 0. The molecule has 2 heterocycles. The lowest BCUT2D eigenvalue weighted by atomic mass is 10.1. The van der Waals surface area contributed by atoms with Crippen LogP contribution in [0.15, 0.2) is 54.7 Å². The fraction of sp³-hybridized carbons (Fsp3) is 0. The highest BCUT2D eigenvalue weighted by atomic mass is 15.1. The molecule has 0 atom stereocenters. The van der Waals surface area contributed by atoms with Crippen molar-refractivity contribution in [1.82, 2.24) is 14.4 Å². The summed E-state index contributed by atoms with van der Waals surface area (Å²) in [6.45, 7) is 0. The van der Waals surface area contributed by atoms with E-state index in [1.807, 2.05) is 46.9 Å². The van der Waals surface area contributed by atoms with Crippen LogP contribution in [0.25, 0.3) is 27.9 Å². The van der Waals surface area contributed by atoms with Gasteiger partial charge in [0.25, 0.3) is 0 Å². The Morgan fingerprint density at radius 1 is 1.09 bits per heavy atom. The number of benzene rings is 2. The normalized spacial score (nSPS) is 10.9. The number of rotatable bonds is 1. The van der Waals surface area contributed by atoms with E-state index in [9.17, 15) is 0 Å². The van der Waals surface area contributed by atoms with Crippen molar-refractivity contribution in [2.24, 2.45) is 0 Å². The highest BCUT2D eigenvalue weighted by Gasteiger charge is 2.13. The Kier molecular flexibility index (Phi) is 2.57. The minimum absolute atomic E-state index is 0.390. The summed E-state index contributed by atoms with van der Waals surface area (Å²) in [4.78, 5) is 8.78. The first-order valence-electron chi connectivity index (χ1n) is 6.80. The lowest BCUT2D eigenvalue weighted by Crippen LogP contribution is -1.99. The van der Waals surface area contributed by atoms with Crippen molar-refractivity contribution in [3.63, 3.8) is 0 Å². The quantitative estimate of drug-likeness (QED) is 0.583. The van der Waals surface area contributed by atoms with Crippen LogP contribution < -0.4 is 5.73 Å². The number of imidazole rings is 1. The Bertz CT molecular complexity index is 1060. The molecule has 2 aromatic heterocycles. The first-order chi connectivity index (χ1) is 10.8. The van der Waals surface area contributed by atoms with Gasteiger partial charge in [0.05, 0.1) is 34.6 Å². The van der Waals surface area contributed by atoms with Gasteiger partial charge in [-0.1, -0.05) is 24.3 Å². The number of anilines is 1. The zero-order valence-electron chi connectivity index (χ0n) is 11.6. The molecule has 2 N–H and O–H groups in total. The minimum atomic E-state index is 0.390. The van der Waals surface area contributed by atoms with E-state index < -0.39 is 0 Å². The van der Waals surface area contributed by atoms with Crippen LogP contribution >= 0.6 is 0 Å². The topological polar surface area (TPSA) is 80.0 Å². The van der Waals surface area contributed by atoms with E-state index in [0.29, 0.717) is 17.0 Å². The summed E-state index contributed by atoms with van der Waals surface area (Å²) in [5, 5.41) is 9.09. The number of nitrogens with two attached hydrogens (primary N) is 1. The molecule has 0 saturated heterocycles. The van der Waals surface area contributed by atoms with Crippen LogP contribution in [-0.2, 0) is 0 Å². The highest BCUT2D eigenvalue weighted by Crippen LogP contribution is 2.27. The van der Waals surface area contributed by atoms with E-state index in [2.05, 4.69) is 16.0 Å². The molecule has 0 aliphatic rings. The van der Waals surface area contributed by atoms with Gasteiger partial charge in [0.2, 0.25) is 0 Å². The number of nitriles is 1. The first-order valence-corrected chi connectivity index (χ1v) is 6.80. The molecule has 104 valence electrons. The Balaban J connectivity index is 2.13. The third-order valence-corrected chi connectivity index (χ3v) is 3.64. The second-order valence-electron chi connectivity index (χ2n) is 4.98. The summed E-state index contributed by atoms with van der Waals surface area (Å²) in [7, 11) is 0. The van der Waals surface area contributed by atoms with E-state index in [4.69, 9.17) is 11.0 Å². The number of hydrogen-bond donors (Lipinski definition) is 1. The molecule has 4 rings (SSSR count). The maximum Gasteiger partial charge on any atom is 0.180 e. The van der Waals surface area contributed by atoms with Crippen LogP contribution in [0, 0.1) is 11.3 Å². The van der Waals surface area contributed by atoms with E-state index in [0.717, 1.165) is 22.3 Å². The van der Waals surface area contributed by atoms with Crippen molar-refractivity contribution in [3.05, 3.63) is 60.3 Å². The Labute approximate surface area is 126 Å². The van der Waals surface area contributed by atoms with E-state index in [1.165, 1.54) is 0 Å². The molecule has 0 unspecified atom stereocenters. The molecule has 0 amide bonds. The molecule has 5 heteroatoms. The summed E-state index contributed by atoms with van der Waals surface area (Å²) in [5.74, 6) is 0.390. The number of nitrogens with zero attached hydrogens (tertiary/aromatic N) is 4. The van der Waals surface area contributed by atoms with Crippen LogP contribution in [0.2, 0.25) is 0 Å². The lowest BCUT2D eigenvalue weighted by molar-refractivity contribution is 1.22. The summed E-state index contributed by atoms with van der Waals surface area (Å²) in [6, 6.07) is 17.4. The zero-order valence-corrected chi connectivity index (χ0v) is 11.6. The van der Waals surface area contributed by atoms with Crippen LogP contribution in [0.3, 0.4) is 0 Å².